The Morgan fingerprint density at radius 2 is 2.03 bits per heavy atom. The van der Waals surface area contributed by atoms with E-state index in [0.29, 0.717) is 24.9 Å². The molecule has 2 aromatic heterocycles. The van der Waals surface area contributed by atoms with E-state index in [1.807, 2.05) is 48.7 Å². The molecule has 5 rings (SSSR count). The molecule has 1 aliphatic rings. The molecule has 2 amide bonds. The summed E-state index contributed by atoms with van der Waals surface area (Å²) in [6, 6.07) is 14.9. The van der Waals surface area contributed by atoms with Gasteiger partial charge in [0.1, 0.15) is 6.04 Å². The van der Waals surface area contributed by atoms with Gasteiger partial charge in [0.15, 0.2) is 0 Å². The first-order valence-corrected chi connectivity index (χ1v) is 12.1. The average Bonchev–Trinajstić information content (AvgIpc) is 3.28. The predicted molar refractivity (Wildman–Crippen MR) is 138 cm³/mol. The lowest BCUT2D eigenvalue weighted by molar-refractivity contribution is -0.145. The van der Waals surface area contributed by atoms with Gasteiger partial charge in [-0.3, -0.25) is 14.6 Å². The van der Waals surface area contributed by atoms with Crippen LogP contribution in [0.15, 0.2) is 60.9 Å². The van der Waals surface area contributed by atoms with Crippen molar-refractivity contribution >= 4 is 45.3 Å². The van der Waals surface area contributed by atoms with E-state index in [-0.39, 0.29) is 30.6 Å². The second kappa shape index (κ2) is 10.2. The lowest BCUT2D eigenvalue weighted by atomic mass is 9.88. The molecule has 0 fully saturated rings. The van der Waals surface area contributed by atoms with Crippen LogP contribution in [0, 0.1) is 0 Å². The lowest BCUT2D eigenvalue weighted by Gasteiger charge is -2.20. The molecular weight excluding hydrogens is 456 g/mol. The molecule has 4 aromatic rings. The Balaban J connectivity index is 1.43. The number of nitrogens with zero attached hydrogens (tertiary/aromatic N) is 1. The summed E-state index contributed by atoms with van der Waals surface area (Å²) in [6.07, 6.45) is 5.68. The molecular formula is C28H28N4O4. The highest BCUT2D eigenvalue weighted by molar-refractivity contribution is 6.00. The molecule has 2 bridgehead atoms. The summed E-state index contributed by atoms with van der Waals surface area (Å²) >= 11 is 0. The molecule has 3 heterocycles. The molecule has 0 aliphatic carbocycles. The number of benzene rings is 2. The molecule has 3 N–H and O–H groups in total. The number of hydrogen-bond donors (Lipinski definition) is 3. The van der Waals surface area contributed by atoms with Crippen molar-refractivity contribution in [2.75, 3.05) is 12.4 Å². The summed E-state index contributed by atoms with van der Waals surface area (Å²) in [5.74, 6) is -0.839. The minimum atomic E-state index is -0.750. The number of aromatic nitrogens is 2. The fraction of sp³-hybridized carbons (Fsp3) is 0.286. The number of carbonyl (C=O) groups excluding carboxylic acids is 3. The first-order valence-electron chi connectivity index (χ1n) is 12.1. The number of ether oxygens (including phenoxy) is 1. The van der Waals surface area contributed by atoms with E-state index in [2.05, 4.69) is 26.7 Å². The molecule has 36 heavy (non-hydrogen) atoms. The van der Waals surface area contributed by atoms with Gasteiger partial charge in [0, 0.05) is 47.9 Å². The monoisotopic (exact) mass is 484 g/mol. The van der Waals surface area contributed by atoms with Crippen LogP contribution in [-0.4, -0.2) is 40.9 Å². The summed E-state index contributed by atoms with van der Waals surface area (Å²) in [6.45, 7) is 0. The number of esters is 1. The van der Waals surface area contributed by atoms with Gasteiger partial charge in [0.05, 0.1) is 18.3 Å². The molecule has 2 atom stereocenters. The van der Waals surface area contributed by atoms with E-state index in [0.717, 1.165) is 32.9 Å². The zero-order valence-corrected chi connectivity index (χ0v) is 20.0. The molecule has 0 saturated heterocycles. The zero-order valence-electron chi connectivity index (χ0n) is 20.0. The van der Waals surface area contributed by atoms with Crippen molar-refractivity contribution in [2.24, 2.45) is 0 Å². The smallest absolute Gasteiger partial charge is 0.328 e. The highest BCUT2D eigenvalue weighted by Crippen LogP contribution is 2.31. The topological polar surface area (TPSA) is 113 Å². The summed E-state index contributed by atoms with van der Waals surface area (Å²) in [7, 11) is 1.32. The van der Waals surface area contributed by atoms with Crippen molar-refractivity contribution in [3.05, 3.63) is 72.1 Å². The van der Waals surface area contributed by atoms with Crippen molar-refractivity contribution in [1.82, 2.24) is 15.3 Å². The number of para-hydroxylation sites is 1. The van der Waals surface area contributed by atoms with Crippen molar-refractivity contribution in [3.8, 4) is 0 Å². The Labute approximate surface area is 208 Å². The van der Waals surface area contributed by atoms with Gasteiger partial charge in [-0.05, 0) is 54.2 Å². The average molecular weight is 485 g/mol. The van der Waals surface area contributed by atoms with Crippen molar-refractivity contribution < 1.29 is 19.1 Å². The minimum Gasteiger partial charge on any atom is -0.467 e. The number of H-pyrrole nitrogens is 1. The van der Waals surface area contributed by atoms with E-state index in [9.17, 15) is 14.4 Å². The van der Waals surface area contributed by atoms with E-state index < -0.39 is 12.0 Å². The number of aromatic amines is 1. The minimum absolute atomic E-state index is 0.0660. The van der Waals surface area contributed by atoms with Crippen LogP contribution >= 0.6 is 0 Å². The maximum atomic E-state index is 13.2. The first-order chi connectivity index (χ1) is 17.5. The van der Waals surface area contributed by atoms with E-state index in [1.54, 1.807) is 6.20 Å². The molecule has 0 radical (unpaired) electrons. The molecule has 8 nitrogen and oxygen atoms in total. The Morgan fingerprint density at radius 1 is 1.17 bits per heavy atom. The first kappa shape index (κ1) is 23.5. The lowest BCUT2D eigenvalue weighted by Crippen LogP contribution is -2.43. The Kier molecular flexibility index (Phi) is 6.66. The van der Waals surface area contributed by atoms with E-state index >= 15 is 0 Å². The SMILES string of the molecule is COC(=O)[C@@H]1Cc2c[nH]c3ccc(cc23)C(CC(=O)Nc2cccc3cccnc23)CCCC(=O)N1. The maximum Gasteiger partial charge on any atom is 0.328 e. The highest BCUT2D eigenvalue weighted by Gasteiger charge is 2.25. The van der Waals surface area contributed by atoms with Gasteiger partial charge < -0.3 is 20.4 Å². The molecule has 2 aromatic carbocycles. The summed E-state index contributed by atoms with van der Waals surface area (Å²) in [4.78, 5) is 45.7. The third-order valence-corrected chi connectivity index (χ3v) is 6.80. The number of anilines is 1. The standard InChI is InChI=1S/C28H28N4O4/c1-36-28(35)24-14-20-16-30-22-11-10-19(13-21(20)22)18(6-3-9-25(33)32-24)15-26(34)31-23-8-2-5-17-7-4-12-29-27(17)23/h2,4-5,7-8,10-13,16,18,24,30H,3,6,9,14-15H2,1H3,(H,31,34)(H,32,33)/t18?,24-/m0/s1. The zero-order chi connectivity index (χ0) is 25.1. The third-order valence-electron chi connectivity index (χ3n) is 6.80. The Hall–Kier alpha value is -4.20. The fourth-order valence-electron chi connectivity index (χ4n) is 4.97. The van der Waals surface area contributed by atoms with E-state index in [1.165, 1.54) is 7.11 Å². The summed E-state index contributed by atoms with van der Waals surface area (Å²) in [5.41, 5.74) is 4.31. The van der Waals surface area contributed by atoms with Gasteiger partial charge in [-0.1, -0.05) is 24.3 Å². The second-order valence-corrected chi connectivity index (χ2v) is 9.19. The molecule has 1 unspecified atom stereocenters. The summed E-state index contributed by atoms with van der Waals surface area (Å²) < 4.78 is 4.91. The number of pyridine rings is 1. The second-order valence-electron chi connectivity index (χ2n) is 9.19. The highest BCUT2D eigenvalue weighted by atomic mass is 16.5. The number of amides is 2. The van der Waals surface area contributed by atoms with Gasteiger partial charge >= 0.3 is 5.97 Å². The molecule has 8 heteroatoms. The van der Waals surface area contributed by atoms with Gasteiger partial charge in [-0.2, -0.15) is 0 Å². The molecule has 0 spiro atoms. The molecule has 1 aliphatic heterocycles. The normalized spacial score (nSPS) is 18.3. The van der Waals surface area contributed by atoms with Crippen molar-refractivity contribution in [2.45, 2.75) is 44.1 Å². The van der Waals surface area contributed by atoms with Crippen LogP contribution in [0.4, 0.5) is 5.69 Å². The van der Waals surface area contributed by atoms with Gasteiger partial charge in [-0.25, -0.2) is 4.79 Å². The van der Waals surface area contributed by atoms with Crippen LogP contribution in [0.5, 0.6) is 0 Å². The van der Waals surface area contributed by atoms with Gasteiger partial charge in [0.2, 0.25) is 11.8 Å². The quantitative estimate of drug-likeness (QED) is 0.376. The maximum absolute atomic E-state index is 13.2. The third kappa shape index (κ3) is 4.93. The van der Waals surface area contributed by atoms with E-state index in [4.69, 9.17) is 4.74 Å². The van der Waals surface area contributed by atoms with Crippen LogP contribution in [0.25, 0.3) is 21.8 Å². The van der Waals surface area contributed by atoms with Crippen LogP contribution in [0.2, 0.25) is 0 Å². The Morgan fingerprint density at radius 3 is 2.89 bits per heavy atom. The largest absolute Gasteiger partial charge is 0.467 e. The van der Waals surface area contributed by atoms with Crippen LogP contribution < -0.4 is 10.6 Å². The number of carbonyl (C=O) groups is 3. The number of methoxy groups -OCH3 is 1. The number of rotatable bonds is 4. The van der Waals surface area contributed by atoms with Crippen LogP contribution in [0.3, 0.4) is 0 Å². The van der Waals surface area contributed by atoms with Crippen LogP contribution in [-0.2, 0) is 25.5 Å². The van der Waals surface area contributed by atoms with Gasteiger partial charge in [-0.15, -0.1) is 0 Å². The number of hydrogen-bond acceptors (Lipinski definition) is 5. The molecule has 184 valence electrons. The molecule has 0 saturated carbocycles. The number of fused-ring (bicyclic) bond motifs is 2. The Bertz CT molecular complexity index is 1440. The predicted octanol–water partition coefficient (Wildman–Crippen LogP) is 4.21. The summed E-state index contributed by atoms with van der Waals surface area (Å²) in [5, 5.41) is 7.79. The number of nitrogens with one attached hydrogen (secondary N) is 3. The fourth-order valence-corrected chi connectivity index (χ4v) is 4.97. The van der Waals surface area contributed by atoms with Gasteiger partial charge in [0.25, 0.3) is 0 Å². The van der Waals surface area contributed by atoms with Crippen molar-refractivity contribution in [1.29, 1.82) is 0 Å². The van der Waals surface area contributed by atoms with Crippen molar-refractivity contribution in [3.63, 3.8) is 0 Å². The van der Waals surface area contributed by atoms with Crippen LogP contribution in [0.1, 0.15) is 42.7 Å².